The van der Waals surface area contributed by atoms with Crippen molar-refractivity contribution in [1.82, 2.24) is 4.90 Å². The Morgan fingerprint density at radius 1 is 1.31 bits per heavy atom. The second-order valence-corrected chi connectivity index (χ2v) is 4.02. The first-order chi connectivity index (χ1) is 6.15. The Hall–Kier alpha value is -0.120. The molecule has 1 fully saturated rings. The maximum atomic E-state index is 6.37. The maximum absolute atomic E-state index is 6.37. The third-order valence-electron chi connectivity index (χ3n) is 3.34. The summed E-state index contributed by atoms with van der Waals surface area (Å²) < 4.78 is 0. The van der Waals surface area contributed by atoms with Gasteiger partial charge < -0.3 is 11.5 Å². The Morgan fingerprint density at radius 2 is 1.92 bits per heavy atom. The van der Waals surface area contributed by atoms with E-state index in [0.29, 0.717) is 0 Å². The van der Waals surface area contributed by atoms with Gasteiger partial charge in [0.25, 0.3) is 0 Å². The highest BCUT2D eigenvalue weighted by molar-refractivity contribution is 4.96. The van der Waals surface area contributed by atoms with E-state index in [2.05, 4.69) is 18.7 Å². The van der Waals surface area contributed by atoms with E-state index in [1.807, 2.05) is 0 Å². The Balaban J connectivity index is 2.69. The zero-order chi connectivity index (χ0) is 9.90. The zero-order valence-electron chi connectivity index (χ0n) is 8.92. The number of hydrogen-bond acceptors (Lipinski definition) is 3. The van der Waals surface area contributed by atoms with Crippen LogP contribution < -0.4 is 11.5 Å². The molecule has 0 aromatic rings. The van der Waals surface area contributed by atoms with Gasteiger partial charge in [-0.2, -0.15) is 0 Å². The highest BCUT2D eigenvalue weighted by Gasteiger charge is 2.38. The lowest BCUT2D eigenvalue weighted by atomic mass is 9.84. The summed E-state index contributed by atoms with van der Waals surface area (Å²) in [5.74, 6) is 0. The van der Waals surface area contributed by atoms with Gasteiger partial charge in [0.05, 0.1) is 5.66 Å². The molecule has 3 heteroatoms. The van der Waals surface area contributed by atoms with E-state index in [1.54, 1.807) is 0 Å². The lowest BCUT2D eigenvalue weighted by Crippen LogP contribution is -2.67. The summed E-state index contributed by atoms with van der Waals surface area (Å²) in [6, 6.07) is 0.154. The zero-order valence-corrected chi connectivity index (χ0v) is 8.92. The average molecular weight is 185 g/mol. The van der Waals surface area contributed by atoms with Gasteiger partial charge in [-0.15, -0.1) is 0 Å². The molecule has 0 saturated heterocycles. The van der Waals surface area contributed by atoms with Crippen molar-refractivity contribution in [3.8, 4) is 0 Å². The third-order valence-corrected chi connectivity index (χ3v) is 3.34. The summed E-state index contributed by atoms with van der Waals surface area (Å²) in [6.45, 7) is 6.31. The number of hydrogen-bond donors (Lipinski definition) is 2. The SMILES string of the molecule is CCN(CC)C1(N)CCCCC1N. The average Bonchev–Trinajstić information content (AvgIpc) is 2.12. The number of nitrogens with zero attached hydrogens (tertiary/aromatic N) is 1. The van der Waals surface area contributed by atoms with Crippen molar-refractivity contribution in [1.29, 1.82) is 0 Å². The second-order valence-electron chi connectivity index (χ2n) is 4.02. The van der Waals surface area contributed by atoms with Gasteiger partial charge in [0.1, 0.15) is 0 Å². The minimum atomic E-state index is -0.234. The molecule has 0 aliphatic heterocycles. The summed E-state index contributed by atoms with van der Waals surface area (Å²) in [4.78, 5) is 2.30. The van der Waals surface area contributed by atoms with Gasteiger partial charge in [-0.05, 0) is 25.9 Å². The van der Waals surface area contributed by atoms with Gasteiger partial charge in [0, 0.05) is 6.04 Å². The third kappa shape index (κ3) is 2.03. The maximum Gasteiger partial charge on any atom is 0.0842 e. The van der Waals surface area contributed by atoms with Gasteiger partial charge in [-0.3, -0.25) is 4.90 Å². The first-order valence-corrected chi connectivity index (χ1v) is 5.44. The molecule has 3 nitrogen and oxygen atoms in total. The van der Waals surface area contributed by atoms with Crippen LogP contribution in [0.1, 0.15) is 39.5 Å². The van der Waals surface area contributed by atoms with Gasteiger partial charge in [0.15, 0.2) is 0 Å². The molecule has 0 aromatic heterocycles. The Kier molecular flexibility index (Phi) is 3.71. The van der Waals surface area contributed by atoms with Gasteiger partial charge in [-0.25, -0.2) is 0 Å². The molecule has 0 spiro atoms. The predicted molar refractivity (Wildman–Crippen MR) is 56.3 cm³/mol. The lowest BCUT2D eigenvalue weighted by molar-refractivity contribution is 0.0461. The molecule has 1 aliphatic rings. The largest absolute Gasteiger partial charge is 0.325 e. The normalized spacial score (nSPS) is 35.3. The number of nitrogens with two attached hydrogens (primary N) is 2. The minimum absolute atomic E-state index is 0.154. The Morgan fingerprint density at radius 3 is 2.38 bits per heavy atom. The van der Waals surface area contributed by atoms with E-state index >= 15 is 0 Å². The van der Waals surface area contributed by atoms with Crippen molar-refractivity contribution in [3.05, 3.63) is 0 Å². The van der Waals surface area contributed by atoms with Crippen LogP contribution in [-0.2, 0) is 0 Å². The van der Waals surface area contributed by atoms with Crippen LogP contribution in [0.15, 0.2) is 0 Å². The molecule has 0 amide bonds. The van der Waals surface area contributed by atoms with Crippen LogP contribution in [0.3, 0.4) is 0 Å². The lowest BCUT2D eigenvalue weighted by Gasteiger charge is -2.46. The van der Waals surface area contributed by atoms with E-state index in [0.717, 1.165) is 25.9 Å². The van der Waals surface area contributed by atoms with Crippen LogP contribution in [-0.4, -0.2) is 29.7 Å². The summed E-state index contributed by atoms with van der Waals surface area (Å²) in [7, 11) is 0. The van der Waals surface area contributed by atoms with Crippen LogP contribution in [0.5, 0.6) is 0 Å². The van der Waals surface area contributed by atoms with E-state index in [1.165, 1.54) is 12.8 Å². The monoisotopic (exact) mass is 185 g/mol. The van der Waals surface area contributed by atoms with E-state index in [-0.39, 0.29) is 11.7 Å². The van der Waals surface area contributed by atoms with Gasteiger partial charge in [0.2, 0.25) is 0 Å². The van der Waals surface area contributed by atoms with Crippen molar-refractivity contribution in [2.45, 2.75) is 51.2 Å². The van der Waals surface area contributed by atoms with Gasteiger partial charge >= 0.3 is 0 Å². The number of likely N-dealkylation sites (N-methyl/N-ethyl adjacent to an activating group) is 1. The fraction of sp³-hybridized carbons (Fsp3) is 1.00. The first-order valence-electron chi connectivity index (χ1n) is 5.44. The molecule has 0 heterocycles. The predicted octanol–water partition coefficient (Wildman–Crippen LogP) is 0.884. The molecule has 2 atom stereocenters. The topological polar surface area (TPSA) is 55.3 Å². The molecular weight excluding hydrogens is 162 g/mol. The van der Waals surface area contributed by atoms with Crippen LogP contribution >= 0.6 is 0 Å². The molecule has 1 rings (SSSR count). The molecule has 2 unspecified atom stereocenters. The highest BCUT2D eigenvalue weighted by atomic mass is 15.3. The van der Waals surface area contributed by atoms with E-state index in [4.69, 9.17) is 11.5 Å². The molecule has 1 saturated carbocycles. The molecule has 1 aliphatic carbocycles. The molecule has 0 bridgehead atoms. The van der Waals surface area contributed by atoms with Crippen LogP contribution in [0.25, 0.3) is 0 Å². The van der Waals surface area contributed by atoms with Crippen molar-refractivity contribution in [2.75, 3.05) is 13.1 Å². The van der Waals surface area contributed by atoms with E-state index < -0.39 is 0 Å². The van der Waals surface area contributed by atoms with Crippen LogP contribution in [0.2, 0.25) is 0 Å². The summed E-state index contributed by atoms with van der Waals surface area (Å²) >= 11 is 0. The van der Waals surface area contributed by atoms with Crippen LogP contribution in [0, 0.1) is 0 Å². The van der Waals surface area contributed by atoms with Crippen LogP contribution in [0.4, 0.5) is 0 Å². The summed E-state index contributed by atoms with van der Waals surface area (Å²) in [6.07, 6.45) is 4.59. The fourth-order valence-electron chi connectivity index (χ4n) is 2.41. The first kappa shape index (κ1) is 11.0. The van der Waals surface area contributed by atoms with Crippen molar-refractivity contribution < 1.29 is 0 Å². The smallest absolute Gasteiger partial charge is 0.0842 e. The molecule has 78 valence electrons. The molecule has 0 radical (unpaired) electrons. The Bertz CT molecular complexity index is 156. The summed E-state index contributed by atoms with van der Waals surface area (Å²) in [5, 5.41) is 0. The molecular formula is C10H23N3. The minimum Gasteiger partial charge on any atom is -0.325 e. The number of rotatable bonds is 3. The van der Waals surface area contributed by atoms with Crippen molar-refractivity contribution >= 4 is 0 Å². The Labute approximate surface area is 81.5 Å². The molecule has 0 aromatic carbocycles. The summed E-state index contributed by atoms with van der Waals surface area (Å²) in [5.41, 5.74) is 12.2. The van der Waals surface area contributed by atoms with Gasteiger partial charge in [-0.1, -0.05) is 26.7 Å². The standard InChI is InChI=1S/C10H23N3/c1-3-13(4-2)10(12)8-6-5-7-9(10)11/h9H,3-8,11-12H2,1-2H3. The molecule has 4 N–H and O–H groups in total. The fourth-order valence-corrected chi connectivity index (χ4v) is 2.41. The quantitative estimate of drug-likeness (QED) is 0.642. The molecule has 13 heavy (non-hydrogen) atoms. The highest BCUT2D eigenvalue weighted by Crippen LogP contribution is 2.27. The van der Waals surface area contributed by atoms with Crippen molar-refractivity contribution in [3.63, 3.8) is 0 Å². The van der Waals surface area contributed by atoms with Crippen molar-refractivity contribution in [2.24, 2.45) is 11.5 Å². The van der Waals surface area contributed by atoms with E-state index in [9.17, 15) is 0 Å². The second kappa shape index (κ2) is 4.40.